The maximum absolute atomic E-state index is 10.5. The number of hydrogen-bond acceptors (Lipinski definition) is 2. The first kappa shape index (κ1) is 14.7. The summed E-state index contributed by atoms with van der Waals surface area (Å²) in [5.74, 6) is 0. The van der Waals surface area contributed by atoms with Crippen LogP contribution in [0.4, 0.5) is 0 Å². The lowest BCUT2D eigenvalue weighted by Crippen LogP contribution is -2.11. The number of aliphatic hydroxyl groups excluding tert-OH is 1. The van der Waals surface area contributed by atoms with Crippen molar-refractivity contribution in [2.45, 2.75) is 26.0 Å². The summed E-state index contributed by atoms with van der Waals surface area (Å²) in [6, 6.07) is 4.95. The second-order valence-electron chi connectivity index (χ2n) is 4.17. The second kappa shape index (κ2) is 6.14. The van der Waals surface area contributed by atoms with Crippen molar-refractivity contribution in [1.82, 2.24) is 9.78 Å². The Kier molecular flexibility index (Phi) is 4.74. The molecule has 0 saturated heterocycles. The minimum atomic E-state index is -0.951. The number of aromatic nitrogens is 2. The van der Waals surface area contributed by atoms with Crippen LogP contribution in [-0.4, -0.2) is 14.9 Å². The highest BCUT2D eigenvalue weighted by Gasteiger charge is 2.22. The van der Waals surface area contributed by atoms with Gasteiger partial charge in [-0.1, -0.05) is 41.7 Å². The van der Waals surface area contributed by atoms with Gasteiger partial charge in [0.2, 0.25) is 0 Å². The zero-order chi connectivity index (χ0) is 14.0. The van der Waals surface area contributed by atoms with Gasteiger partial charge in [0.15, 0.2) is 0 Å². The molecule has 1 atom stereocenters. The molecule has 0 fully saturated rings. The van der Waals surface area contributed by atoms with Crippen molar-refractivity contribution in [3.8, 4) is 0 Å². The summed E-state index contributed by atoms with van der Waals surface area (Å²) in [4.78, 5) is 0. The van der Waals surface area contributed by atoms with Crippen LogP contribution in [0.15, 0.2) is 24.4 Å². The largest absolute Gasteiger partial charge is 0.382 e. The number of aryl methyl sites for hydroxylation is 1. The maximum atomic E-state index is 10.5. The summed E-state index contributed by atoms with van der Waals surface area (Å²) in [5.41, 5.74) is 1.06. The third-order valence-corrected chi connectivity index (χ3v) is 3.65. The normalized spacial score (nSPS) is 12.7. The molecule has 1 heterocycles. The first-order chi connectivity index (χ1) is 9.04. The molecule has 0 amide bonds. The monoisotopic (exact) mass is 318 g/mol. The lowest BCUT2D eigenvalue weighted by Gasteiger charge is -2.15. The van der Waals surface area contributed by atoms with E-state index in [0.717, 1.165) is 6.42 Å². The molecule has 3 nitrogen and oxygen atoms in total. The topological polar surface area (TPSA) is 38.0 Å². The molecule has 2 rings (SSSR count). The van der Waals surface area contributed by atoms with Crippen molar-refractivity contribution in [2.24, 2.45) is 0 Å². The molecular weight excluding hydrogens is 307 g/mol. The van der Waals surface area contributed by atoms with Crippen LogP contribution in [0, 0.1) is 0 Å². The molecule has 0 aliphatic carbocycles. The van der Waals surface area contributed by atoms with Crippen LogP contribution in [0.2, 0.25) is 15.1 Å². The molecule has 0 aliphatic heterocycles. The lowest BCUT2D eigenvalue weighted by molar-refractivity contribution is 0.207. The molecule has 6 heteroatoms. The van der Waals surface area contributed by atoms with E-state index in [0.29, 0.717) is 32.9 Å². The van der Waals surface area contributed by atoms with Crippen molar-refractivity contribution in [1.29, 1.82) is 0 Å². The van der Waals surface area contributed by atoms with Crippen molar-refractivity contribution >= 4 is 34.8 Å². The molecule has 2 aromatic rings. The average Bonchev–Trinajstić information content (AvgIpc) is 2.73. The number of rotatable bonds is 4. The fraction of sp³-hybridized carbons (Fsp3) is 0.308. The minimum Gasteiger partial charge on any atom is -0.382 e. The predicted octanol–water partition coefficient (Wildman–Crippen LogP) is 4.34. The van der Waals surface area contributed by atoms with E-state index in [1.807, 2.05) is 6.92 Å². The molecule has 1 N–H and O–H groups in total. The van der Waals surface area contributed by atoms with E-state index < -0.39 is 6.10 Å². The zero-order valence-electron chi connectivity index (χ0n) is 10.3. The van der Waals surface area contributed by atoms with Crippen LogP contribution in [0.3, 0.4) is 0 Å². The summed E-state index contributed by atoms with van der Waals surface area (Å²) in [5, 5.41) is 16.0. The summed E-state index contributed by atoms with van der Waals surface area (Å²) >= 11 is 18.1. The highest BCUT2D eigenvalue weighted by atomic mass is 35.5. The van der Waals surface area contributed by atoms with Gasteiger partial charge >= 0.3 is 0 Å². The van der Waals surface area contributed by atoms with Gasteiger partial charge in [0.1, 0.15) is 6.10 Å². The fourth-order valence-corrected chi connectivity index (χ4v) is 2.55. The van der Waals surface area contributed by atoms with E-state index in [9.17, 15) is 5.11 Å². The standard InChI is InChI=1S/C13H13Cl3N2O/c1-2-5-18-12(11(16)7-17-18)13(19)9-6-8(14)3-4-10(9)15/h3-4,6-7,13,19H,2,5H2,1H3. The van der Waals surface area contributed by atoms with E-state index in [-0.39, 0.29) is 0 Å². The van der Waals surface area contributed by atoms with Crippen molar-refractivity contribution in [2.75, 3.05) is 0 Å². The van der Waals surface area contributed by atoms with Gasteiger partial charge in [-0.3, -0.25) is 4.68 Å². The second-order valence-corrected chi connectivity index (χ2v) is 5.42. The summed E-state index contributed by atoms with van der Waals surface area (Å²) in [6.45, 7) is 2.70. The maximum Gasteiger partial charge on any atom is 0.124 e. The summed E-state index contributed by atoms with van der Waals surface area (Å²) < 4.78 is 1.68. The van der Waals surface area contributed by atoms with Crippen LogP contribution in [0.1, 0.15) is 30.7 Å². The molecule has 0 bridgehead atoms. The van der Waals surface area contributed by atoms with E-state index in [2.05, 4.69) is 5.10 Å². The molecule has 0 saturated carbocycles. The molecule has 19 heavy (non-hydrogen) atoms. The van der Waals surface area contributed by atoms with Gasteiger partial charge in [-0.15, -0.1) is 0 Å². The number of hydrogen-bond donors (Lipinski definition) is 1. The molecule has 0 radical (unpaired) electrons. The first-order valence-corrected chi connectivity index (χ1v) is 7.02. The highest BCUT2D eigenvalue weighted by Crippen LogP contribution is 2.33. The van der Waals surface area contributed by atoms with Crippen LogP contribution in [0.5, 0.6) is 0 Å². The first-order valence-electron chi connectivity index (χ1n) is 5.88. The van der Waals surface area contributed by atoms with Gasteiger partial charge in [0.25, 0.3) is 0 Å². The van der Waals surface area contributed by atoms with Gasteiger partial charge in [-0.2, -0.15) is 5.10 Å². The van der Waals surface area contributed by atoms with Gasteiger partial charge in [0, 0.05) is 22.2 Å². The fourth-order valence-electron chi connectivity index (χ4n) is 1.91. The Morgan fingerprint density at radius 3 is 2.68 bits per heavy atom. The van der Waals surface area contributed by atoms with Crippen molar-refractivity contribution in [3.05, 3.63) is 50.7 Å². The quantitative estimate of drug-likeness (QED) is 0.910. The van der Waals surface area contributed by atoms with Gasteiger partial charge in [-0.05, 0) is 24.6 Å². The van der Waals surface area contributed by atoms with Crippen LogP contribution in [0.25, 0.3) is 0 Å². The molecule has 102 valence electrons. The Balaban J connectivity index is 2.46. The van der Waals surface area contributed by atoms with Crippen LogP contribution >= 0.6 is 34.8 Å². The lowest BCUT2D eigenvalue weighted by atomic mass is 10.1. The van der Waals surface area contributed by atoms with Crippen LogP contribution < -0.4 is 0 Å². The van der Waals surface area contributed by atoms with Crippen molar-refractivity contribution in [3.63, 3.8) is 0 Å². The molecule has 1 unspecified atom stereocenters. The predicted molar refractivity (Wildman–Crippen MR) is 78.1 cm³/mol. The Hall–Kier alpha value is -0.740. The van der Waals surface area contributed by atoms with E-state index in [1.54, 1.807) is 22.9 Å². The zero-order valence-corrected chi connectivity index (χ0v) is 12.5. The van der Waals surface area contributed by atoms with E-state index >= 15 is 0 Å². The van der Waals surface area contributed by atoms with E-state index in [4.69, 9.17) is 34.8 Å². The van der Waals surface area contributed by atoms with Gasteiger partial charge in [-0.25, -0.2) is 0 Å². The Morgan fingerprint density at radius 2 is 2.00 bits per heavy atom. The van der Waals surface area contributed by atoms with Gasteiger partial charge in [0.05, 0.1) is 16.9 Å². The van der Waals surface area contributed by atoms with Crippen LogP contribution in [-0.2, 0) is 6.54 Å². The summed E-state index contributed by atoms with van der Waals surface area (Å²) in [6.07, 6.45) is 1.46. The van der Waals surface area contributed by atoms with Gasteiger partial charge < -0.3 is 5.11 Å². The Labute approximate surface area is 126 Å². The SMILES string of the molecule is CCCn1ncc(Cl)c1C(O)c1cc(Cl)ccc1Cl. The minimum absolute atomic E-state index is 0.414. The molecule has 0 spiro atoms. The Morgan fingerprint density at radius 1 is 1.26 bits per heavy atom. The molecular formula is C13H13Cl3N2O. The Bertz CT molecular complexity index is 583. The third kappa shape index (κ3) is 3.06. The number of nitrogens with zero attached hydrogens (tertiary/aromatic N) is 2. The molecule has 1 aromatic heterocycles. The number of halogens is 3. The summed E-state index contributed by atoms with van der Waals surface area (Å²) in [7, 11) is 0. The third-order valence-electron chi connectivity index (χ3n) is 2.78. The van der Waals surface area contributed by atoms with E-state index in [1.165, 1.54) is 6.20 Å². The molecule has 1 aromatic carbocycles. The van der Waals surface area contributed by atoms with Crippen molar-refractivity contribution < 1.29 is 5.11 Å². The smallest absolute Gasteiger partial charge is 0.124 e. The highest BCUT2D eigenvalue weighted by molar-refractivity contribution is 6.34. The average molecular weight is 320 g/mol. The molecule has 0 aliphatic rings. The number of aliphatic hydroxyl groups is 1. The number of benzene rings is 1.